The summed E-state index contributed by atoms with van der Waals surface area (Å²) in [5.41, 5.74) is 2.81. The van der Waals surface area contributed by atoms with Gasteiger partial charge in [-0.1, -0.05) is 6.92 Å². The summed E-state index contributed by atoms with van der Waals surface area (Å²) in [5.74, 6) is 0.688. The average Bonchev–Trinajstić information content (AvgIpc) is 3.11. The van der Waals surface area contributed by atoms with Crippen molar-refractivity contribution in [3.63, 3.8) is 0 Å². The number of nitro groups is 1. The van der Waals surface area contributed by atoms with Gasteiger partial charge in [0.2, 0.25) is 0 Å². The lowest BCUT2D eigenvalue weighted by Gasteiger charge is -2.26. The molecule has 1 fully saturated rings. The van der Waals surface area contributed by atoms with Crippen LogP contribution in [0.5, 0.6) is 0 Å². The summed E-state index contributed by atoms with van der Waals surface area (Å²) in [5, 5.41) is 13.6. The van der Waals surface area contributed by atoms with E-state index in [1.807, 2.05) is 18.2 Å². The average molecular weight is 423 g/mol. The molecule has 2 aromatic carbocycles. The molecule has 3 aromatic rings. The molecule has 9 nitrogen and oxygen atoms in total. The van der Waals surface area contributed by atoms with Gasteiger partial charge >= 0.3 is 0 Å². The highest BCUT2D eigenvalue weighted by atomic mass is 16.6. The maximum atomic E-state index is 12.5. The number of aryl methyl sites for hydroxylation is 1. The number of morpholine rings is 1. The van der Waals surface area contributed by atoms with Crippen LogP contribution in [0.1, 0.15) is 29.5 Å². The third kappa shape index (κ3) is 4.73. The van der Waals surface area contributed by atoms with Crippen LogP contribution >= 0.6 is 0 Å². The number of non-ortho nitro benzene ring substituents is 1. The zero-order chi connectivity index (χ0) is 21.8. The third-order valence-electron chi connectivity index (χ3n) is 5.34. The predicted molar refractivity (Wildman–Crippen MR) is 117 cm³/mol. The molecular formula is C22H25N5O4. The van der Waals surface area contributed by atoms with E-state index >= 15 is 0 Å². The van der Waals surface area contributed by atoms with Gasteiger partial charge in [0.05, 0.1) is 35.7 Å². The van der Waals surface area contributed by atoms with E-state index in [0.29, 0.717) is 11.3 Å². The first kappa shape index (κ1) is 21.0. The van der Waals surface area contributed by atoms with E-state index in [1.54, 1.807) is 0 Å². The van der Waals surface area contributed by atoms with Gasteiger partial charge < -0.3 is 14.6 Å². The molecule has 0 saturated carbocycles. The molecule has 2 heterocycles. The largest absolute Gasteiger partial charge is 0.379 e. The van der Waals surface area contributed by atoms with Crippen LogP contribution in [-0.4, -0.2) is 51.6 Å². The standard InChI is InChI=1S/C22H25N5O4/c1-2-9-26-20-8-5-17(23-22(28)16-3-6-18(7-4-16)27(29)30)14-19(20)24-21(26)15-25-10-12-31-13-11-25/h3-8,14H,2,9-13,15H2,1H3,(H,23,28). The fourth-order valence-electron chi connectivity index (χ4n) is 3.75. The number of hydrogen-bond donors (Lipinski definition) is 1. The van der Waals surface area contributed by atoms with Crippen molar-refractivity contribution in [2.75, 3.05) is 31.6 Å². The van der Waals surface area contributed by atoms with E-state index < -0.39 is 4.92 Å². The Morgan fingerprint density at radius 2 is 1.94 bits per heavy atom. The zero-order valence-electron chi connectivity index (χ0n) is 17.4. The minimum Gasteiger partial charge on any atom is -0.379 e. The molecular weight excluding hydrogens is 398 g/mol. The van der Waals surface area contributed by atoms with Gasteiger partial charge in [0, 0.05) is 43.0 Å². The summed E-state index contributed by atoms with van der Waals surface area (Å²) in [6.07, 6.45) is 1.00. The van der Waals surface area contributed by atoms with Crippen LogP contribution in [0, 0.1) is 10.1 Å². The van der Waals surface area contributed by atoms with Crippen LogP contribution in [0.25, 0.3) is 11.0 Å². The maximum Gasteiger partial charge on any atom is 0.269 e. The number of rotatable bonds is 7. The Balaban J connectivity index is 1.55. The highest BCUT2D eigenvalue weighted by Crippen LogP contribution is 2.23. The first-order valence-corrected chi connectivity index (χ1v) is 10.4. The molecule has 0 atom stereocenters. The number of fused-ring (bicyclic) bond motifs is 1. The molecule has 1 aliphatic heterocycles. The van der Waals surface area contributed by atoms with Crippen LogP contribution in [0.2, 0.25) is 0 Å². The normalized spacial score (nSPS) is 14.6. The number of carbonyl (C=O) groups excluding carboxylic acids is 1. The smallest absolute Gasteiger partial charge is 0.269 e. The fourth-order valence-corrected chi connectivity index (χ4v) is 3.75. The molecule has 1 amide bonds. The van der Waals surface area contributed by atoms with Gasteiger partial charge in [-0.25, -0.2) is 4.98 Å². The van der Waals surface area contributed by atoms with Gasteiger partial charge in [0.15, 0.2) is 0 Å². The molecule has 1 saturated heterocycles. The van der Waals surface area contributed by atoms with Crippen molar-refractivity contribution in [1.29, 1.82) is 0 Å². The van der Waals surface area contributed by atoms with Crippen LogP contribution in [0.3, 0.4) is 0 Å². The summed E-state index contributed by atoms with van der Waals surface area (Å²) in [4.78, 5) is 30.0. The first-order valence-electron chi connectivity index (χ1n) is 10.4. The van der Waals surface area contributed by atoms with E-state index in [-0.39, 0.29) is 11.6 Å². The molecule has 0 bridgehead atoms. The number of hydrogen-bond acceptors (Lipinski definition) is 6. The summed E-state index contributed by atoms with van der Waals surface area (Å²) in [6, 6.07) is 11.2. The number of anilines is 1. The van der Waals surface area contributed by atoms with E-state index in [1.165, 1.54) is 24.3 Å². The summed E-state index contributed by atoms with van der Waals surface area (Å²) in [7, 11) is 0. The van der Waals surface area contributed by atoms with Crippen LogP contribution in [0.15, 0.2) is 42.5 Å². The van der Waals surface area contributed by atoms with Crippen molar-refractivity contribution in [1.82, 2.24) is 14.5 Å². The first-order chi connectivity index (χ1) is 15.0. The van der Waals surface area contributed by atoms with Crippen molar-refractivity contribution in [3.05, 3.63) is 64.0 Å². The number of carbonyl (C=O) groups is 1. The van der Waals surface area contributed by atoms with Crippen molar-refractivity contribution < 1.29 is 14.5 Å². The van der Waals surface area contributed by atoms with E-state index in [0.717, 1.165) is 62.7 Å². The molecule has 1 aliphatic rings. The second-order valence-corrected chi connectivity index (χ2v) is 7.53. The van der Waals surface area contributed by atoms with Crippen molar-refractivity contribution >= 4 is 28.3 Å². The van der Waals surface area contributed by atoms with E-state index in [2.05, 4.69) is 21.7 Å². The predicted octanol–water partition coefficient (Wildman–Crippen LogP) is 3.44. The van der Waals surface area contributed by atoms with Gasteiger partial charge in [0.25, 0.3) is 11.6 Å². The SMILES string of the molecule is CCCn1c(CN2CCOCC2)nc2cc(NC(=O)c3ccc([N+](=O)[O-])cc3)ccc21. The van der Waals surface area contributed by atoms with Crippen LogP contribution in [-0.2, 0) is 17.8 Å². The molecule has 1 aromatic heterocycles. The molecule has 9 heteroatoms. The Morgan fingerprint density at radius 1 is 1.19 bits per heavy atom. The number of nitrogens with zero attached hydrogens (tertiary/aromatic N) is 4. The van der Waals surface area contributed by atoms with Crippen LogP contribution in [0.4, 0.5) is 11.4 Å². The summed E-state index contributed by atoms with van der Waals surface area (Å²) in [6.45, 7) is 7.06. The maximum absolute atomic E-state index is 12.5. The summed E-state index contributed by atoms with van der Waals surface area (Å²) >= 11 is 0. The zero-order valence-corrected chi connectivity index (χ0v) is 17.4. The van der Waals surface area contributed by atoms with Gasteiger partial charge in [-0.05, 0) is 36.8 Å². The van der Waals surface area contributed by atoms with E-state index in [4.69, 9.17) is 9.72 Å². The lowest BCUT2D eigenvalue weighted by atomic mass is 10.2. The second-order valence-electron chi connectivity index (χ2n) is 7.53. The number of imidazole rings is 1. The van der Waals surface area contributed by atoms with Gasteiger partial charge in [-0.15, -0.1) is 0 Å². The lowest BCUT2D eigenvalue weighted by Crippen LogP contribution is -2.36. The summed E-state index contributed by atoms with van der Waals surface area (Å²) < 4.78 is 7.68. The van der Waals surface area contributed by atoms with E-state index in [9.17, 15) is 14.9 Å². The number of amides is 1. The highest BCUT2D eigenvalue weighted by molar-refractivity contribution is 6.05. The Kier molecular flexibility index (Phi) is 6.24. The number of benzene rings is 2. The molecule has 1 N–H and O–H groups in total. The van der Waals surface area contributed by atoms with Crippen LogP contribution < -0.4 is 5.32 Å². The van der Waals surface area contributed by atoms with Crippen molar-refractivity contribution in [2.45, 2.75) is 26.4 Å². The molecule has 0 spiro atoms. The monoisotopic (exact) mass is 423 g/mol. The Hall–Kier alpha value is -3.30. The molecule has 162 valence electrons. The minimum atomic E-state index is -0.489. The molecule has 0 aliphatic carbocycles. The number of aromatic nitrogens is 2. The minimum absolute atomic E-state index is 0.0489. The Morgan fingerprint density at radius 3 is 2.61 bits per heavy atom. The van der Waals surface area contributed by atoms with Gasteiger partial charge in [-0.3, -0.25) is 19.8 Å². The third-order valence-corrected chi connectivity index (χ3v) is 5.34. The number of ether oxygens (including phenoxy) is 1. The molecule has 31 heavy (non-hydrogen) atoms. The highest BCUT2D eigenvalue weighted by Gasteiger charge is 2.17. The Labute approximate surface area is 179 Å². The lowest BCUT2D eigenvalue weighted by molar-refractivity contribution is -0.384. The Bertz CT molecular complexity index is 1090. The van der Waals surface area contributed by atoms with Gasteiger partial charge in [-0.2, -0.15) is 0 Å². The second kappa shape index (κ2) is 9.23. The number of nitrogens with one attached hydrogen (secondary N) is 1. The quantitative estimate of drug-likeness (QED) is 0.461. The molecule has 0 radical (unpaired) electrons. The molecule has 4 rings (SSSR count). The van der Waals surface area contributed by atoms with Crippen molar-refractivity contribution in [2.24, 2.45) is 0 Å². The topological polar surface area (TPSA) is 103 Å². The van der Waals surface area contributed by atoms with Gasteiger partial charge in [0.1, 0.15) is 5.82 Å². The van der Waals surface area contributed by atoms with Crippen molar-refractivity contribution in [3.8, 4) is 0 Å². The molecule has 0 unspecified atom stereocenters. The number of nitro benzene ring substituents is 1. The fraction of sp³-hybridized carbons (Fsp3) is 0.364.